The Morgan fingerprint density at radius 1 is 1.26 bits per heavy atom. The molecule has 0 amide bonds. The van der Waals surface area contributed by atoms with Crippen molar-refractivity contribution < 1.29 is 4.74 Å². The van der Waals surface area contributed by atoms with E-state index >= 15 is 0 Å². The van der Waals surface area contributed by atoms with Crippen LogP contribution < -0.4 is 4.74 Å². The Balaban J connectivity index is 1.78. The summed E-state index contributed by atoms with van der Waals surface area (Å²) >= 11 is 0. The summed E-state index contributed by atoms with van der Waals surface area (Å²) in [5.74, 6) is 0.791. The van der Waals surface area contributed by atoms with Gasteiger partial charge in [0.1, 0.15) is 12.4 Å². The summed E-state index contributed by atoms with van der Waals surface area (Å²) in [6.07, 6.45) is 1.80. The fraction of sp³-hybridized carbons (Fsp3) is 0.235. The van der Waals surface area contributed by atoms with Crippen LogP contribution in [0.3, 0.4) is 0 Å². The van der Waals surface area contributed by atoms with Gasteiger partial charge in [0.25, 0.3) is 0 Å². The van der Waals surface area contributed by atoms with Gasteiger partial charge < -0.3 is 4.74 Å². The number of rotatable bonds is 6. The van der Waals surface area contributed by atoms with E-state index < -0.39 is 0 Å². The van der Waals surface area contributed by atoms with E-state index in [0.717, 1.165) is 22.2 Å². The van der Waals surface area contributed by atoms with Gasteiger partial charge in [-0.2, -0.15) is 5.10 Å². The molecule has 0 N–H and O–H groups in total. The minimum absolute atomic E-state index is 0.156. The number of nitrogens with zero attached hydrogens (tertiary/aromatic N) is 5. The maximum Gasteiger partial charge on any atom is 0.121 e. The van der Waals surface area contributed by atoms with Gasteiger partial charge >= 0.3 is 0 Å². The van der Waals surface area contributed by atoms with Gasteiger partial charge in [-0.3, -0.25) is 4.68 Å². The summed E-state index contributed by atoms with van der Waals surface area (Å²) in [5.41, 5.74) is 10.6. The Morgan fingerprint density at radius 3 is 2.87 bits per heavy atom. The smallest absolute Gasteiger partial charge is 0.121 e. The molecular weight excluding hydrogens is 290 g/mol. The zero-order valence-electron chi connectivity index (χ0n) is 12.8. The van der Waals surface area contributed by atoms with E-state index in [-0.39, 0.29) is 6.04 Å². The van der Waals surface area contributed by atoms with Crippen molar-refractivity contribution in [1.82, 2.24) is 9.78 Å². The fourth-order valence-corrected chi connectivity index (χ4v) is 2.40. The van der Waals surface area contributed by atoms with Crippen molar-refractivity contribution in [3.8, 4) is 5.75 Å². The second-order valence-corrected chi connectivity index (χ2v) is 5.38. The maximum absolute atomic E-state index is 8.51. The molecule has 0 bridgehead atoms. The van der Waals surface area contributed by atoms with Crippen LogP contribution in [0, 0.1) is 0 Å². The summed E-state index contributed by atoms with van der Waals surface area (Å²) in [6.45, 7) is 2.92. The number of ether oxygens (including phenoxy) is 1. The second-order valence-electron chi connectivity index (χ2n) is 5.38. The van der Waals surface area contributed by atoms with Crippen LogP contribution in [0.1, 0.15) is 12.5 Å². The van der Waals surface area contributed by atoms with Gasteiger partial charge in [0.05, 0.1) is 17.8 Å². The number of aromatic nitrogens is 2. The summed E-state index contributed by atoms with van der Waals surface area (Å²) < 4.78 is 7.69. The molecule has 0 spiro atoms. The number of hydrogen-bond donors (Lipinski definition) is 0. The highest BCUT2D eigenvalue weighted by Crippen LogP contribution is 2.22. The average Bonchev–Trinajstić information content (AvgIpc) is 2.96. The van der Waals surface area contributed by atoms with Gasteiger partial charge in [-0.1, -0.05) is 42.4 Å². The predicted octanol–water partition coefficient (Wildman–Crippen LogP) is 4.31. The van der Waals surface area contributed by atoms with E-state index in [1.54, 1.807) is 6.20 Å². The van der Waals surface area contributed by atoms with Crippen molar-refractivity contribution >= 4 is 10.9 Å². The Bertz CT molecular complexity index is 837. The highest BCUT2D eigenvalue weighted by atomic mass is 16.5. The lowest BCUT2D eigenvalue weighted by Gasteiger charge is -2.09. The van der Waals surface area contributed by atoms with Crippen LogP contribution in [0.2, 0.25) is 0 Å². The van der Waals surface area contributed by atoms with Gasteiger partial charge in [-0.05, 0) is 23.2 Å². The molecule has 0 saturated heterocycles. The van der Waals surface area contributed by atoms with Crippen LogP contribution in [0.4, 0.5) is 0 Å². The molecule has 0 radical (unpaired) electrons. The van der Waals surface area contributed by atoms with Gasteiger partial charge in [0, 0.05) is 22.9 Å². The molecule has 0 aliphatic carbocycles. The Kier molecular flexibility index (Phi) is 4.45. The minimum Gasteiger partial charge on any atom is -0.489 e. The Labute approximate surface area is 133 Å². The van der Waals surface area contributed by atoms with Gasteiger partial charge in [-0.25, -0.2) is 0 Å². The molecule has 3 aromatic rings. The lowest BCUT2D eigenvalue weighted by molar-refractivity contribution is 0.306. The third-order valence-corrected chi connectivity index (χ3v) is 3.55. The van der Waals surface area contributed by atoms with Crippen LogP contribution in [0.25, 0.3) is 21.3 Å². The monoisotopic (exact) mass is 307 g/mol. The summed E-state index contributed by atoms with van der Waals surface area (Å²) in [7, 11) is 0. The van der Waals surface area contributed by atoms with Crippen molar-refractivity contribution in [1.29, 1.82) is 0 Å². The largest absolute Gasteiger partial charge is 0.489 e. The number of fused-ring (bicyclic) bond motifs is 1. The molecule has 23 heavy (non-hydrogen) atoms. The second kappa shape index (κ2) is 6.85. The molecule has 6 heteroatoms. The third-order valence-electron chi connectivity index (χ3n) is 3.55. The van der Waals surface area contributed by atoms with Gasteiger partial charge in [0.2, 0.25) is 0 Å². The van der Waals surface area contributed by atoms with E-state index in [9.17, 15) is 0 Å². The van der Waals surface area contributed by atoms with E-state index in [0.29, 0.717) is 13.2 Å². The van der Waals surface area contributed by atoms with Crippen molar-refractivity contribution in [3.05, 3.63) is 70.7 Å². The number of benzene rings is 2. The van der Waals surface area contributed by atoms with E-state index in [1.165, 1.54) is 0 Å². The average molecular weight is 307 g/mol. The molecule has 2 aromatic carbocycles. The van der Waals surface area contributed by atoms with Crippen molar-refractivity contribution in [3.63, 3.8) is 0 Å². The molecule has 1 unspecified atom stereocenters. The van der Waals surface area contributed by atoms with E-state index in [2.05, 4.69) is 15.1 Å². The van der Waals surface area contributed by atoms with Crippen LogP contribution >= 0.6 is 0 Å². The first-order chi connectivity index (χ1) is 11.3. The summed E-state index contributed by atoms with van der Waals surface area (Å²) in [4.78, 5) is 2.84. The minimum atomic E-state index is -0.156. The van der Waals surface area contributed by atoms with Crippen LogP contribution in [0.5, 0.6) is 5.75 Å². The lowest BCUT2D eigenvalue weighted by atomic mass is 10.2. The SMILES string of the molecule is CC(Cn1ncc2ccc(OCc3ccccc3)cc21)N=[N+]=[N-]. The van der Waals surface area contributed by atoms with E-state index in [4.69, 9.17) is 10.3 Å². The molecule has 1 aromatic heterocycles. The molecule has 1 atom stereocenters. The Hall–Kier alpha value is -2.98. The summed E-state index contributed by atoms with van der Waals surface area (Å²) in [5, 5.41) is 9.08. The molecule has 116 valence electrons. The normalized spacial score (nSPS) is 11.9. The van der Waals surface area contributed by atoms with E-state index in [1.807, 2.05) is 60.1 Å². The van der Waals surface area contributed by atoms with Gasteiger partial charge in [-0.15, -0.1) is 0 Å². The highest BCUT2D eigenvalue weighted by molar-refractivity contribution is 5.80. The number of hydrogen-bond acceptors (Lipinski definition) is 3. The molecule has 0 aliphatic heterocycles. The Morgan fingerprint density at radius 2 is 2.09 bits per heavy atom. The first-order valence-electron chi connectivity index (χ1n) is 7.43. The standard InChI is InChI=1S/C17H17N5O/c1-13(20-21-18)11-22-17-9-16(8-7-15(17)10-19-22)23-12-14-5-3-2-4-6-14/h2-10,13H,11-12H2,1H3. The fourth-order valence-electron chi connectivity index (χ4n) is 2.40. The van der Waals surface area contributed by atoms with Crippen molar-refractivity contribution in [2.45, 2.75) is 26.1 Å². The summed E-state index contributed by atoms with van der Waals surface area (Å²) in [6, 6.07) is 15.8. The lowest BCUT2D eigenvalue weighted by Crippen LogP contribution is -2.10. The van der Waals surface area contributed by atoms with Crippen LogP contribution in [0.15, 0.2) is 59.8 Å². The van der Waals surface area contributed by atoms with Crippen molar-refractivity contribution in [2.24, 2.45) is 5.11 Å². The molecule has 0 fully saturated rings. The molecular formula is C17H17N5O. The van der Waals surface area contributed by atoms with Crippen LogP contribution in [-0.4, -0.2) is 15.8 Å². The molecule has 1 heterocycles. The van der Waals surface area contributed by atoms with Gasteiger partial charge in [0.15, 0.2) is 0 Å². The molecule has 6 nitrogen and oxygen atoms in total. The predicted molar refractivity (Wildman–Crippen MR) is 89.1 cm³/mol. The first kappa shape index (κ1) is 14.9. The topological polar surface area (TPSA) is 75.8 Å². The van der Waals surface area contributed by atoms with Crippen molar-refractivity contribution in [2.75, 3.05) is 0 Å². The molecule has 0 saturated carbocycles. The highest BCUT2D eigenvalue weighted by Gasteiger charge is 2.07. The zero-order valence-corrected chi connectivity index (χ0v) is 12.8. The van der Waals surface area contributed by atoms with Crippen LogP contribution in [-0.2, 0) is 13.2 Å². The quantitative estimate of drug-likeness (QED) is 0.386. The zero-order chi connectivity index (χ0) is 16.1. The maximum atomic E-state index is 8.51. The third kappa shape index (κ3) is 3.62. The molecule has 0 aliphatic rings. The number of azide groups is 1. The molecule has 3 rings (SSSR count). The first-order valence-corrected chi connectivity index (χ1v) is 7.43.